The van der Waals surface area contributed by atoms with Crippen LogP contribution in [0.1, 0.15) is 34.6 Å². The normalized spacial score (nSPS) is 11.6. The molecule has 0 radical (unpaired) electrons. The van der Waals surface area contributed by atoms with Gasteiger partial charge in [-0.2, -0.15) is 0 Å². The molecule has 0 heterocycles. The molecule has 0 nitrogen and oxygen atoms in total. The Morgan fingerprint density at radius 3 is 1.85 bits per heavy atom. The van der Waals surface area contributed by atoms with Gasteiger partial charge >= 0.3 is 0 Å². The highest BCUT2D eigenvalue weighted by Crippen LogP contribution is 2.01. The summed E-state index contributed by atoms with van der Waals surface area (Å²) in [6, 6.07) is 0. The minimum atomic E-state index is 1.08. The molecule has 0 spiro atoms. The topological polar surface area (TPSA) is 0 Å². The van der Waals surface area contributed by atoms with Crippen LogP contribution in [0.15, 0.2) is 48.1 Å². The number of rotatable bonds is 3. The van der Waals surface area contributed by atoms with Crippen LogP contribution in [-0.4, -0.2) is 0 Å². The molecule has 0 fully saturated rings. The summed E-state index contributed by atoms with van der Waals surface area (Å²) >= 11 is 0. The van der Waals surface area contributed by atoms with Crippen LogP contribution in [0, 0.1) is 0 Å². The van der Waals surface area contributed by atoms with Crippen LogP contribution in [0.5, 0.6) is 0 Å². The average molecular weight is 178 g/mol. The van der Waals surface area contributed by atoms with Crippen LogP contribution >= 0.6 is 0 Å². The molecule has 0 atom stereocenters. The molecule has 0 heteroatoms. The lowest BCUT2D eigenvalue weighted by Crippen LogP contribution is -1.69. The van der Waals surface area contributed by atoms with Gasteiger partial charge in [0.1, 0.15) is 0 Å². The van der Waals surface area contributed by atoms with Gasteiger partial charge in [-0.1, -0.05) is 56.4 Å². The van der Waals surface area contributed by atoms with Crippen molar-refractivity contribution in [1.29, 1.82) is 0 Å². The first-order valence-electron chi connectivity index (χ1n) is 4.83. The van der Waals surface area contributed by atoms with Gasteiger partial charge in [-0.25, -0.2) is 0 Å². The molecule has 0 aromatic carbocycles. The molecule has 0 aliphatic heterocycles. The summed E-state index contributed by atoms with van der Waals surface area (Å²) < 4.78 is 0. The minimum absolute atomic E-state index is 1.08. The van der Waals surface area contributed by atoms with Crippen molar-refractivity contribution in [3.05, 3.63) is 48.1 Å². The van der Waals surface area contributed by atoms with Crippen molar-refractivity contribution >= 4 is 0 Å². The first-order chi connectivity index (χ1) is 6.20. The lowest BCUT2D eigenvalue weighted by molar-refractivity contribution is 1.50. The molecule has 0 amide bonds. The van der Waals surface area contributed by atoms with Crippen molar-refractivity contribution in [2.24, 2.45) is 0 Å². The average Bonchev–Trinajstić information content (AvgIpc) is 2.15. The molecular formula is C13H22. The first-order valence-corrected chi connectivity index (χ1v) is 4.83. The quantitative estimate of drug-likeness (QED) is 0.551. The summed E-state index contributed by atoms with van der Waals surface area (Å²) in [6.45, 7) is 13.8. The highest BCUT2D eigenvalue weighted by molar-refractivity contribution is 5.32. The standard InChI is InChI=1S/C11H16.C2H6/c1-5-7-11(6-2)9-8-10(3)4;1-2/h5-9H,3H2,1-2,4H3;1-2H3/b7-5-,9-8+,11-6+;. The zero-order valence-electron chi connectivity index (χ0n) is 9.59. The minimum Gasteiger partial charge on any atom is -0.0961 e. The van der Waals surface area contributed by atoms with Gasteiger partial charge in [0.2, 0.25) is 0 Å². The van der Waals surface area contributed by atoms with Gasteiger partial charge in [-0.05, 0) is 26.3 Å². The van der Waals surface area contributed by atoms with Gasteiger partial charge in [-0.3, -0.25) is 0 Å². The molecular weight excluding hydrogens is 156 g/mol. The third-order valence-electron chi connectivity index (χ3n) is 1.25. The van der Waals surface area contributed by atoms with E-state index in [0.717, 1.165) is 5.57 Å². The zero-order chi connectivity index (χ0) is 10.7. The number of hydrogen-bond donors (Lipinski definition) is 0. The maximum atomic E-state index is 3.78. The third-order valence-corrected chi connectivity index (χ3v) is 1.25. The Labute approximate surface area is 83.4 Å². The molecule has 0 aromatic rings. The molecule has 0 bridgehead atoms. The third kappa shape index (κ3) is 11.0. The van der Waals surface area contributed by atoms with Gasteiger partial charge in [0.25, 0.3) is 0 Å². The van der Waals surface area contributed by atoms with Crippen LogP contribution in [0.3, 0.4) is 0 Å². The van der Waals surface area contributed by atoms with Crippen molar-refractivity contribution in [3.8, 4) is 0 Å². The SMILES string of the molecule is C=C(C)/C=C/C(/C=C\C)=C/C.CC. The summed E-state index contributed by atoms with van der Waals surface area (Å²) in [5.74, 6) is 0. The van der Waals surface area contributed by atoms with E-state index in [4.69, 9.17) is 0 Å². The van der Waals surface area contributed by atoms with Crippen LogP contribution in [0.4, 0.5) is 0 Å². The fourth-order valence-electron chi connectivity index (χ4n) is 0.679. The van der Waals surface area contributed by atoms with E-state index in [0.29, 0.717) is 0 Å². The van der Waals surface area contributed by atoms with Gasteiger partial charge in [0, 0.05) is 0 Å². The van der Waals surface area contributed by atoms with E-state index in [1.54, 1.807) is 0 Å². The predicted molar refractivity (Wildman–Crippen MR) is 63.9 cm³/mol. The van der Waals surface area contributed by atoms with E-state index in [1.165, 1.54) is 5.57 Å². The van der Waals surface area contributed by atoms with Gasteiger partial charge in [0.05, 0.1) is 0 Å². The first kappa shape index (κ1) is 14.5. The second-order valence-corrected chi connectivity index (χ2v) is 2.47. The fourth-order valence-corrected chi connectivity index (χ4v) is 0.679. The van der Waals surface area contributed by atoms with Crippen molar-refractivity contribution in [2.45, 2.75) is 34.6 Å². The molecule has 0 aliphatic carbocycles. The molecule has 0 saturated heterocycles. The zero-order valence-corrected chi connectivity index (χ0v) is 9.59. The highest BCUT2D eigenvalue weighted by Gasteiger charge is 1.80. The van der Waals surface area contributed by atoms with Crippen molar-refractivity contribution in [2.75, 3.05) is 0 Å². The second-order valence-electron chi connectivity index (χ2n) is 2.47. The summed E-state index contributed by atoms with van der Waals surface area (Å²) in [5, 5.41) is 0. The molecule has 0 saturated carbocycles. The Morgan fingerprint density at radius 2 is 1.54 bits per heavy atom. The molecule has 0 N–H and O–H groups in total. The van der Waals surface area contributed by atoms with E-state index in [9.17, 15) is 0 Å². The Bertz CT molecular complexity index is 202. The van der Waals surface area contributed by atoms with E-state index >= 15 is 0 Å². The van der Waals surface area contributed by atoms with Crippen LogP contribution in [-0.2, 0) is 0 Å². The van der Waals surface area contributed by atoms with Crippen LogP contribution in [0.25, 0.3) is 0 Å². The number of allylic oxidation sites excluding steroid dienone is 7. The maximum absolute atomic E-state index is 3.78. The molecule has 13 heavy (non-hydrogen) atoms. The molecule has 74 valence electrons. The van der Waals surface area contributed by atoms with Crippen molar-refractivity contribution in [1.82, 2.24) is 0 Å². The van der Waals surface area contributed by atoms with Crippen LogP contribution in [0.2, 0.25) is 0 Å². The van der Waals surface area contributed by atoms with Gasteiger partial charge in [-0.15, -0.1) is 0 Å². The lowest BCUT2D eigenvalue weighted by Gasteiger charge is -1.90. The molecule has 0 unspecified atom stereocenters. The highest BCUT2D eigenvalue weighted by atomic mass is 13.9. The Hall–Kier alpha value is -1.04. The molecule has 0 aliphatic rings. The Kier molecular flexibility index (Phi) is 12.2. The van der Waals surface area contributed by atoms with E-state index in [2.05, 4.69) is 24.8 Å². The summed E-state index contributed by atoms with van der Waals surface area (Å²) in [4.78, 5) is 0. The number of hydrogen-bond acceptors (Lipinski definition) is 0. The molecule has 0 rings (SSSR count). The molecule has 0 aromatic heterocycles. The van der Waals surface area contributed by atoms with E-state index in [1.807, 2.05) is 46.8 Å². The van der Waals surface area contributed by atoms with E-state index in [-0.39, 0.29) is 0 Å². The Balaban J connectivity index is 0. The lowest BCUT2D eigenvalue weighted by atomic mass is 10.2. The van der Waals surface area contributed by atoms with Gasteiger partial charge in [0.15, 0.2) is 0 Å². The largest absolute Gasteiger partial charge is 0.0961 e. The summed E-state index contributed by atoms with van der Waals surface area (Å²) in [5.41, 5.74) is 2.30. The Morgan fingerprint density at radius 1 is 1.00 bits per heavy atom. The fraction of sp³-hybridized carbons (Fsp3) is 0.385. The summed E-state index contributed by atoms with van der Waals surface area (Å²) in [7, 11) is 0. The summed E-state index contributed by atoms with van der Waals surface area (Å²) in [6.07, 6.45) is 10.2. The maximum Gasteiger partial charge on any atom is -0.0303 e. The predicted octanol–water partition coefficient (Wildman–Crippen LogP) is 4.67. The van der Waals surface area contributed by atoms with Crippen LogP contribution < -0.4 is 0 Å². The second kappa shape index (κ2) is 11.0. The smallest absolute Gasteiger partial charge is 0.0303 e. The monoisotopic (exact) mass is 178 g/mol. The van der Waals surface area contributed by atoms with Gasteiger partial charge < -0.3 is 0 Å². The van der Waals surface area contributed by atoms with Crippen molar-refractivity contribution in [3.63, 3.8) is 0 Å². The van der Waals surface area contributed by atoms with E-state index < -0.39 is 0 Å². The van der Waals surface area contributed by atoms with Crippen molar-refractivity contribution < 1.29 is 0 Å².